The summed E-state index contributed by atoms with van der Waals surface area (Å²) >= 11 is 0. The van der Waals surface area contributed by atoms with E-state index in [0.717, 1.165) is 5.69 Å². The van der Waals surface area contributed by atoms with Gasteiger partial charge in [0.05, 0.1) is 24.5 Å². The van der Waals surface area contributed by atoms with E-state index in [9.17, 15) is 14.4 Å². The van der Waals surface area contributed by atoms with Crippen molar-refractivity contribution in [2.45, 2.75) is 20.8 Å². The van der Waals surface area contributed by atoms with Gasteiger partial charge >= 0.3 is 11.9 Å². The monoisotopic (exact) mass is 384 g/mol. The molecule has 0 saturated heterocycles. The molecule has 0 aliphatic rings. The first-order chi connectivity index (χ1) is 13.4. The van der Waals surface area contributed by atoms with Crippen LogP contribution < -0.4 is 5.32 Å². The predicted octanol–water partition coefficient (Wildman–Crippen LogP) is 2.99. The van der Waals surface area contributed by atoms with Gasteiger partial charge < -0.3 is 19.4 Å². The second-order valence-corrected chi connectivity index (χ2v) is 5.95. The van der Waals surface area contributed by atoms with Crippen LogP contribution in [-0.4, -0.2) is 35.5 Å². The predicted molar refractivity (Wildman–Crippen MR) is 105 cm³/mol. The second kappa shape index (κ2) is 9.55. The lowest BCUT2D eigenvalue weighted by Gasteiger charge is -2.08. The fourth-order valence-electron chi connectivity index (χ4n) is 2.62. The summed E-state index contributed by atoms with van der Waals surface area (Å²) in [4.78, 5) is 37.1. The Balaban J connectivity index is 2.40. The first-order valence-electron chi connectivity index (χ1n) is 8.97. The lowest BCUT2D eigenvalue weighted by molar-refractivity contribution is -0.146. The highest BCUT2D eigenvalue weighted by molar-refractivity contribution is 6.15. The summed E-state index contributed by atoms with van der Waals surface area (Å²) in [5, 5.41) is 2.90. The minimum atomic E-state index is -0.794. The van der Waals surface area contributed by atoms with E-state index in [1.54, 1.807) is 48.9 Å². The summed E-state index contributed by atoms with van der Waals surface area (Å²) in [5.41, 5.74) is 1.94. The van der Waals surface area contributed by atoms with Gasteiger partial charge in [0.15, 0.2) is 11.4 Å². The molecule has 0 amide bonds. The average Bonchev–Trinajstić information content (AvgIpc) is 2.96. The molecule has 0 spiro atoms. The number of esters is 2. The van der Waals surface area contributed by atoms with E-state index in [1.807, 2.05) is 20.0 Å². The fourth-order valence-corrected chi connectivity index (χ4v) is 2.62. The summed E-state index contributed by atoms with van der Waals surface area (Å²) in [5.74, 6) is -1.75. The summed E-state index contributed by atoms with van der Waals surface area (Å²) in [6, 6.07) is 8.88. The first kappa shape index (κ1) is 21.0. The van der Waals surface area contributed by atoms with Gasteiger partial charge in [-0.05, 0) is 20.8 Å². The molecule has 0 bridgehead atoms. The van der Waals surface area contributed by atoms with Crippen LogP contribution in [0.3, 0.4) is 0 Å². The number of nitrogens with zero attached hydrogens (tertiary/aromatic N) is 1. The molecule has 1 heterocycles. The Morgan fingerprint density at radius 1 is 1.04 bits per heavy atom. The zero-order chi connectivity index (χ0) is 20.7. The molecule has 0 aliphatic carbocycles. The minimum absolute atomic E-state index is 0.123. The van der Waals surface area contributed by atoms with Crippen molar-refractivity contribution in [2.75, 3.05) is 18.5 Å². The molecule has 1 aromatic carbocycles. The van der Waals surface area contributed by atoms with Crippen LogP contribution >= 0.6 is 0 Å². The van der Waals surface area contributed by atoms with Crippen molar-refractivity contribution in [1.82, 2.24) is 4.57 Å². The zero-order valence-electron chi connectivity index (χ0n) is 16.4. The van der Waals surface area contributed by atoms with Crippen LogP contribution in [0.2, 0.25) is 0 Å². The van der Waals surface area contributed by atoms with Gasteiger partial charge in [0, 0.05) is 30.7 Å². The lowest BCUT2D eigenvalue weighted by atomic mass is 10.0. The summed E-state index contributed by atoms with van der Waals surface area (Å²) in [6.45, 7) is 5.36. The van der Waals surface area contributed by atoms with Crippen molar-refractivity contribution in [3.63, 3.8) is 0 Å². The number of hydrogen-bond acceptors (Lipinski definition) is 6. The van der Waals surface area contributed by atoms with Crippen molar-refractivity contribution in [3.8, 4) is 0 Å². The number of ketones is 1. The van der Waals surface area contributed by atoms with Gasteiger partial charge in [0.25, 0.3) is 0 Å². The molecule has 1 N–H and O–H groups in total. The number of benzene rings is 1. The molecule has 2 rings (SSSR count). The lowest BCUT2D eigenvalue weighted by Crippen LogP contribution is -2.19. The number of aromatic nitrogens is 1. The molecule has 1 aromatic heterocycles. The third-order valence-corrected chi connectivity index (χ3v) is 4.11. The van der Waals surface area contributed by atoms with Crippen molar-refractivity contribution in [3.05, 3.63) is 65.1 Å². The van der Waals surface area contributed by atoms with E-state index in [-0.39, 0.29) is 24.6 Å². The Morgan fingerprint density at radius 3 is 2.14 bits per heavy atom. The number of carbonyl (C=O) groups excluding carboxylic acids is 3. The quantitative estimate of drug-likeness (QED) is 0.248. The van der Waals surface area contributed by atoms with Gasteiger partial charge in [-0.1, -0.05) is 30.3 Å². The van der Waals surface area contributed by atoms with Gasteiger partial charge in [-0.25, -0.2) is 9.59 Å². The molecule has 0 radical (unpaired) electrons. The summed E-state index contributed by atoms with van der Waals surface area (Å²) in [6.07, 6.45) is 2.93. The number of anilines is 1. The number of rotatable bonds is 8. The highest BCUT2D eigenvalue weighted by Gasteiger charge is 2.23. The van der Waals surface area contributed by atoms with E-state index in [0.29, 0.717) is 16.8 Å². The number of aryl methyl sites for hydroxylation is 1. The van der Waals surface area contributed by atoms with E-state index in [4.69, 9.17) is 9.47 Å². The molecule has 7 nitrogen and oxygen atoms in total. The molecule has 7 heteroatoms. The van der Waals surface area contributed by atoms with Crippen molar-refractivity contribution >= 4 is 23.4 Å². The van der Waals surface area contributed by atoms with E-state index in [2.05, 4.69) is 5.32 Å². The molecule has 148 valence electrons. The molecule has 0 atom stereocenters. The third-order valence-electron chi connectivity index (χ3n) is 4.11. The molecule has 2 aromatic rings. The molecule has 28 heavy (non-hydrogen) atoms. The molecule has 0 saturated carbocycles. The Bertz CT molecular complexity index is 877. The highest BCUT2D eigenvalue weighted by Crippen LogP contribution is 2.25. The maximum atomic E-state index is 13.0. The van der Waals surface area contributed by atoms with Gasteiger partial charge in [-0.3, -0.25) is 4.79 Å². The van der Waals surface area contributed by atoms with Crippen LogP contribution in [0, 0.1) is 6.92 Å². The van der Waals surface area contributed by atoms with Gasteiger partial charge in [0.2, 0.25) is 0 Å². The van der Waals surface area contributed by atoms with Crippen LogP contribution in [0.15, 0.2) is 48.3 Å². The second-order valence-electron chi connectivity index (χ2n) is 5.95. The van der Waals surface area contributed by atoms with Gasteiger partial charge in [0.1, 0.15) is 0 Å². The van der Waals surface area contributed by atoms with Gasteiger partial charge in [-0.2, -0.15) is 0 Å². The standard InChI is InChI=1S/C21H24N2O5/c1-5-27-20(25)16(21(26)28-6-2)12-22-17-13-23(4)14(3)18(17)19(24)15-10-8-7-9-11-15/h7-13,22H,5-6H2,1-4H3. The maximum Gasteiger partial charge on any atom is 0.347 e. The van der Waals surface area contributed by atoms with Crippen molar-refractivity contribution in [2.24, 2.45) is 7.05 Å². The zero-order valence-corrected chi connectivity index (χ0v) is 16.4. The SMILES string of the molecule is CCOC(=O)C(=CNc1cn(C)c(C)c1C(=O)c1ccccc1)C(=O)OCC. The number of nitrogens with one attached hydrogen (secondary N) is 1. The summed E-state index contributed by atoms with van der Waals surface area (Å²) in [7, 11) is 1.81. The highest BCUT2D eigenvalue weighted by atomic mass is 16.6. The number of carbonyl (C=O) groups is 3. The summed E-state index contributed by atoms with van der Waals surface area (Å²) < 4.78 is 11.6. The first-order valence-corrected chi connectivity index (χ1v) is 8.97. The molecular weight excluding hydrogens is 360 g/mol. The molecular formula is C21H24N2O5. The van der Waals surface area contributed by atoms with Crippen LogP contribution in [0.1, 0.15) is 35.5 Å². The van der Waals surface area contributed by atoms with Crippen LogP contribution in [-0.2, 0) is 26.1 Å². The molecule has 0 aliphatic heterocycles. The smallest absolute Gasteiger partial charge is 0.347 e. The van der Waals surface area contributed by atoms with E-state index in [1.165, 1.54) is 6.20 Å². The van der Waals surface area contributed by atoms with Crippen LogP contribution in [0.5, 0.6) is 0 Å². The maximum absolute atomic E-state index is 13.0. The third kappa shape index (κ3) is 4.68. The Morgan fingerprint density at radius 2 is 1.61 bits per heavy atom. The topological polar surface area (TPSA) is 86.6 Å². The largest absolute Gasteiger partial charge is 0.462 e. The normalized spacial score (nSPS) is 10.1. The van der Waals surface area contributed by atoms with Crippen LogP contribution in [0.25, 0.3) is 0 Å². The Hall–Kier alpha value is -3.35. The number of hydrogen-bond donors (Lipinski definition) is 1. The fraction of sp³-hybridized carbons (Fsp3) is 0.286. The van der Waals surface area contributed by atoms with Gasteiger partial charge in [-0.15, -0.1) is 0 Å². The minimum Gasteiger partial charge on any atom is -0.462 e. The Labute approximate surface area is 163 Å². The molecule has 0 fully saturated rings. The number of ether oxygens (including phenoxy) is 2. The van der Waals surface area contributed by atoms with E-state index >= 15 is 0 Å². The van der Waals surface area contributed by atoms with E-state index < -0.39 is 11.9 Å². The molecule has 0 unspecified atom stereocenters. The Kier molecular flexibility index (Phi) is 7.14. The van der Waals surface area contributed by atoms with Crippen LogP contribution in [0.4, 0.5) is 5.69 Å². The average molecular weight is 384 g/mol. The van der Waals surface area contributed by atoms with Crippen molar-refractivity contribution < 1.29 is 23.9 Å². The van der Waals surface area contributed by atoms with Crippen molar-refractivity contribution in [1.29, 1.82) is 0 Å².